The van der Waals surface area contributed by atoms with Crippen molar-refractivity contribution in [1.82, 2.24) is 4.90 Å². The Labute approximate surface area is 94.4 Å². The van der Waals surface area contributed by atoms with E-state index in [0.29, 0.717) is 13.2 Å². The van der Waals surface area contributed by atoms with Crippen LogP contribution in [0.15, 0.2) is 0 Å². The van der Waals surface area contributed by atoms with E-state index in [4.69, 9.17) is 9.84 Å². The number of hydrogen-bond acceptors (Lipinski definition) is 3. The van der Waals surface area contributed by atoms with Gasteiger partial charge in [-0.25, -0.2) is 0 Å². The largest absolute Gasteiger partial charge is 0.480 e. The van der Waals surface area contributed by atoms with Gasteiger partial charge in [0.2, 0.25) is 5.91 Å². The number of likely N-dealkylation sites (tertiary alicyclic amines) is 1. The molecule has 0 radical (unpaired) electrons. The zero-order valence-electron chi connectivity index (χ0n) is 9.44. The van der Waals surface area contributed by atoms with Crippen LogP contribution in [0.1, 0.15) is 26.2 Å². The maximum absolute atomic E-state index is 12.0. The summed E-state index contributed by atoms with van der Waals surface area (Å²) in [7, 11) is 0. The fourth-order valence-corrected chi connectivity index (χ4v) is 2.75. The number of aliphatic carboxylic acids is 1. The smallest absolute Gasteiger partial charge is 0.323 e. The van der Waals surface area contributed by atoms with E-state index in [1.807, 2.05) is 6.92 Å². The van der Waals surface area contributed by atoms with Crippen LogP contribution in [-0.4, -0.2) is 47.7 Å². The van der Waals surface area contributed by atoms with Crippen molar-refractivity contribution >= 4 is 11.9 Å². The number of rotatable bonds is 4. The van der Waals surface area contributed by atoms with Crippen molar-refractivity contribution in [2.24, 2.45) is 5.41 Å². The molecule has 1 amide bonds. The van der Waals surface area contributed by atoms with Crippen molar-refractivity contribution in [3.63, 3.8) is 0 Å². The fraction of sp³-hybridized carbons (Fsp3) is 0.818. The Bertz CT molecular complexity index is 309. The van der Waals surface area contributed by atoms with Gasteiger partial charge in [-0.2, -0.15) is 0 Å². The topological polar surface area (TPSA) is 66.8 Å². The van der Waals surface area contributed by atoms with Crippen LogP contribution in [0.3, 0.4) is 0 Å². The first-order valence-corrected chi connectivity index (χ1v) is 5.70. The normalized spacial score (nSPS) is 33.2. The quantitative estimate of drug-likeness (QED) is 0.759. The van der Waals surface area contributed by atoms with Gasteiger partial charge in [0.05, 0.1) is 11.5 Å². The van der Waals surface area contributed by atoms with E-state index < -0.39 is 5.97 Å². The number of hydrogen-bond donors (Lipinski definition) is 1. The third-order valence-electron chi connectivity index (χ3n) is 3.57. The van der Waals surface area contributed by atoms with E-state index in [-0.39, 0.29) is 24.0 Å². The molecule has 2 aliphatic rings. The molecule has 0 bridgehead atoms. The van der Waals surface area contributed by atoms with Crippen LogP contribution in [0.2, 0.25) is 0 Å². The van der Waals surface area contributed by atoms with Crippen LogP contribution in [-0.2, 0) is 14.3 Å². The Hall–Kier alpha value is -1.10. The summed E-state index contributed by atoms with van der Waals surface area (Å²) in [6.45, 7) is 3.02. The third-order valence-corrected chi connectivity index (χ3v) is 3.57. The summed E-state index contributed by atoms with van der Waals surface area (Å²) in [5, 5.41) is 8.67. The van der Waals surface area contributed by atoms with Crippen LogP contribution in [0.25, 0.3) is 0 Å². The molecule has 2 fully saturated rings. The van der Waals surface area contributed by atoms with Gasteiger partial charge in [0, 0.05) is 13.2 Å². The molecular weight excluding hydrogens is 210 g/mol. The third kappa shape index (κ3) is 1.80. The summed E-state index contributed by atoms with van der Waals surface area (Å²) < 4.78 is 5.44. The lowest BCUT2D eigenvalue weighted by Crippen LogP contribution is -2.48. The molecule has 1 saturated carbocycles. The summed E-state index contributed by atoms with van der Waals surface area (Å²) in [5.74, 6) is -0.933. The maximum atomic E-state index is 12.0. The summed E-state index contributed by atoms with van der Waals surface area (Å²) >= 11 is 0. The second-order valence-corrected chi connectivity index (χ2v) is 4.64. The zero-order valence-corrected chi connectivity index (χ0v) is 9.44. The molecule has 0 aromatic carbocycles. The predicted octanol–water partition coefficient (Wildman–Crippen LogP) is 0.489. The van der Waals surface area contributed by atoms with Crippen molar-refractivity contribution in [2.45, 2.75) is 32.3 Å². The highest BCUT2D eigenvalue weighted by molar-refractivity contribution is 5.88. The number of nitrogens with zero attached hydrogens (tertiary/aromatic N) is 1. The van der Waals surface area contributed by atoms with E-state index in [1.54, 1.807) is 0 Å². The summed E-state index contributed by atoms with van der Waals surface area (Å²) in [5.41, 5.74) is -0.296. The van der Waals surface area contributed by atoms with Crippen LogP contribution in [0.4, 0.5) is 0 Å². The monoisotopic (exact) mass is 227 g/mol. The Morgan fingerprint density at radius 1 is 1.62 bits per heavy atom. The number of ether oxygens (including phenoxy) is 1. The molecule has 0 aromatic rings. The minimum atomic E-state index is -0.939. The highest BCUT2D eigenvalue weighted by Crippen LogP contribution is 2.50. The molecule has 1 heterocycles. The van der Waals surface area contributed by atoms with Crippen LogP contribution in [0.5, 0.6) is 0 Å². The van der Waals surface area contributed by atoms with E-state index >= 15 is 0 Å². The summed E-state index contributed by atoms with van der Waals surface area (Å²) in [4.78, 5) is 24.0. The molecule has 90 valence electrons. The van der Waals surface area contributed by atoms with Gasteiger partial charge in [-0.15, -0.1) is 0 Å². The molecular formula is C11H17NO4. The molecule has 0 unspecified atom stereocenters. The fourth-order valence-electron chi connectivity index (χ4n) is 2.75. The standard InChI is InChI=1S/C11H17NO4/c1-2-16-8-5-11(6-8)3-4-12(10(11)15)7-9(13)14/h8H,2-7H2,1H3,(H,13,14). The first-order chi connectivity index (χ1) is 7.57. The van der Waals surface area contributed by atoms with E-state index in [1.165, 1.54) is 4.90 Å². The molecule has 0 aromatic heterocycles. The molecule has 5 nitrogen and oxygen atoms in total. The number of amides is 1. The van der Waals surface area contributed by atoms with Crippen molar-refractivity contribution in [3.05, 3.63) is 0 Å². The van der Waals surface area contributed by atoms with Crippen molar-refractivity contribution in [2.75, 3.05) is 19.7 Å². The van der Waals surface area contributed by atoms with Gasteiger partial charge in [0.15, 0.2) is 0 Å². The second-order valence-electron chi connectivity index (χ2n) is 4.64. The zero-order chi connectivity index (χ0) is 11.8. The number of carbonyl (C=O) groups excluding carboxylic acids is 1. The molecule has 5 heteroatoms. The number of carboxylic acids is 1. The van der Waals surface area contributed by atoms with E-state index in [9.17, 15) is 9.59 Å². The maximum Gasteiger partial charge on any atom is 0.323 e. The van der Waals surface area contributed by atoms with Gasteiger partial charge < -0.3 is 14.7 Å². The van der Waals surface area contributed by atoms with Gasteiger partial charge in [-0.1, -0.05) is 0 Å². The Morgan fingerprint density at radius 3 is 2.88 bits per heavy atom. The minimum absolute atomic E-state index is 0.00542. The predicted molar refractivity (Wildman–Crippen MR) is 55.9 cm³/mol. The van der Waals surface area contributed by atoms with Gasteiger partial charge in [-0.3, -0.25) is 9.59 Å². The summed E-state index contributed by atoms with van der Waals surface area (Å²) in [6, 6.07) is 0. The van der Waals surface area contributed by atoms with E-state index in [0.717, 1.165) is 19.3 Å². The Balaban J connectivity index is 1.91. The highest BCUT2D eigenvalue weighted by atomic mass is 16.5. The highest BCUT2D eigenvalue weighted by Gasteiger charge is 2.55. The Morgan fingerprint density at radius 2 is 2.31 bits per heavy atom. The van der Waals surface area contributed by atoms with Gasteiger partial charge in [-0.05, 0) is 26.2 Å². The van der Waals surface area contributed by atoms with Crippen LogP contribution < -0.4 is 0 Å². The molecule has 1 spiro atoms. The molecule has 1 aliphatic carbocycles. The van der Waals surface area contributed by atoms with Crippen molar-refractivity contribution < 1.29 is 19.4 Å². The molecule has 1 aliphatic heterocycles. The van der Waals surface area contributed by atoms with Crippen molar-refractivity contribution in [3.8, 4) is 0 Å². The van der Waals surface area contributed by atoms with Crippen LogP contribution in [0, 0.1) is 5.41 Å². The van der Waals surface area contributed by atoms with E-state index in [2.05, 4.69) is 0 Å². The minimum Gasteiger partial charge on any atom is -0.480 e. The lowest BCUT2D eigenvalue weighted by molar-refractivity contribution is -0.154. The molecule has 16 heavy (non-hydrogen) atoms. The lowest BCUT2D eigenvalue weighted by atomic mass is 9.65. The average Bonchev–Trinajstić information content (AvgIpc) is 2.45. The van der Waals surface area contributed by atoms with Gasteiger partial charge in [0.1, 0.15) is 6.54 Å². The molecule has 1 N–H and O–H groups in total. The van der Waals surface area contributed by atoms with Crippen molar-refractivity contribution in [1.29, 1.82) is 0 Å². The lowest BCUT2D eigenvalue weighted by Gasteiger charge is -2.42. The van der Waals surface area contributed by atoms with Gasteiger partial charge in [0.25, 0.3) is 0 Å². The summed E-state index contributed by atoms with van der Waals surface area (Å²) in [6.07, 6.45) is 2.49. The first kappa shape index (κ1) is 11.4. The second kappa shape index (κ2) is 4.05. The Kier molecular flexibility index (Phi) is 2.88. The molecule has 2 rings (SSSR count). The first-order valence-electron chi connectivity index (χ1n) is 5.70. The number of carbonyl (C=O) groups is 2. The molecule has 0 atom stereocenters. The average molecular weight is 227 g/mol. The number of carboxylic acid groups (broad SMARTS) is 1. The molecule has 1 saturated heterocycles. The van der Waals surface area contributed by atoms with Gasteiger partial charge >= 0.3 is 5.97 Å². The van der Waals surface area contributed by atoms with Crippen LogP contribution >= 0.6 is 0 Å². The SMILES string of the molecule is CCOC1CC2(CCN(CC(=O)O)C2=O)C1.